The number of anilines is 1. The minimum Gasteiger partial charge on any atom is -0.325 e. The van der Waals surface area contributed by atoms with Crippen molar-refractivity contribution in [2.75, 3.05) is 18.4 Å². The maximum Gasteiger partial charge on any atom is 0.321 e. The second kappa shape index (κ2) is 6.12. The average Bonchev–Trinajstić information content (AvgIpc) is 2.31. The minimum absolute atomic E-state index is 0.171. The van der Waals surface area contributed by atoms with Gasteiger partial charge in [0, 0.05) is 18.8 Å². The quantitative estimate of drug-likeness (QED) is 0.898. The molecule has 1 rings (SSSR count). The van der Waals surface area contributed by atoms with Gasteiger partial charge in [0.15, 0.2) is 0 Å². The molecule has 90 valence electrons. The summed E-state index contributed by atoms with van der Waals surface area (Å²) in [4.78, 5) is 13.4. The summed E-state index contributed by atoms with van der Waals surface area (Å²) in [5.74, 6) is 0. The number of nitriles is 1. The van der Waals surface area contributed by atoms with Gasteiger partial charge in [0.2, 0.25) is 0 Å². The first-order valence-corrected chi connectivity index (χ1v) is 5.75. The lowest BCUT2D eigenvalue weighted by atomic mass is 10.2. The number of nitrogens with one attached hydrogen (secondary N) is 1. The van der Waals surface area contributed by atoms with Gasteiger partial charge in [-0.3, -0.25) is 0 Å². The van der Waals surface area contributed by atoms with E-state index in [1.54, 1.807) is 23.1 Å². The number of urea groups is 1. The topological polar surface area (TPSA) is 56.1 Å². The zero-order valence-electron chi connectivity index (χ0n) is 9.83. The zero-order chi connectivity index (χ0) is 12.8. The molecular formula is C12H14ClN3O. The van der Waals surface area contributed by atoms with Gasteiger partial charge in [0.25, 0.3) is 0 Å². The van der Waals surface area contributed by atoms with Gasteiger partial charge >= 0.3 is 6.03 Å². The molecule has 17 heavy (non-hydrogen) atoms. The molecule has 1 N–H and O–H groups in total. The van der Waals surface area contributed by atoms with Gasteiger partial charge in [0.05, 0.1) is 10.6 Å². The third-order valence-corrected chi connectivity index (χ3v) is 2.70. The Morgan fingerprint density at radius 3 is 2.59 bits per heavy atom. The summed E-state index contributed by atoms with van der Waals surface area (Å²) >= 11 is 5.87. The van der Waals surface area contributed by atoms with E-state index in [0.717, 1.165) is 0 Å². The van der Waals surface area contributed by atoms with Crippen molar-refractivity contribution in [2.24, 2.45) is 0 Å². The predicted octanol–water partition coefficient (Wildman–Crippen LogP) is 3.09. The number of rotatable bonds is 3. The molecule has 5 heteroatoms. The fourth-order valence-electron chi connectivity index (χ4n) is 1.40. The molecule has 0 bridgehead atoms. The zero-order valence-corrected chi connectivity index (χ0v) is 10.6. The molecule has 0 spiro atoms. The van der Waals surface area contributed by atoms with Gasteiger partial charge in [-0.1, -0.05) is 11.6 Å². The highest BCUT2D eigenvalue weighted by molar-refractivity contribution is 6.32. The van der Waals surface area contributed by atoms with Gasteiger partial charge in [-0.15, -0.1) is 0 Å². The largest absolute Gasteiger partial charge is 0.325 e. The van der Waals surface area contributed by atoms with Crippen molar-refractivity contribution in [1.29, 1.82) is 5.26 Å². The van der Waals surface area contributed by atoms with Crippen molar-refractivity contribution < 1.29 is 4.79 Å². The van der Waals surface area contributed by atoms with Crippen LogP contribution in [0.15, 0.2) is 18.2 Å². The van der Waals surface area contributed by atoms with E-state index in [4.69, 9.17) is 16.9 Å². The Hall–Kier alpha value is -1.73. The molecule has 0 aliphatic carbocycles. The highest BCUT2D eigenvalue weighted by Crippen LogP contribution is 2.20. The summed E-state index contributed by atoms with van der Waals surface area (Å²) in [6.45, 7) is 5.11. The van der Waals surface area contributed by atoms with Crippen molar-refractivity contribution in [1.82, 2.24) is 4.90 Å². The summed E-state index contributed by atoms with van der Waals surface area (Å²) in [5, 5.41) is 11.8. The Morgan fingerprint density at radius 1 is 1.47 bits per heavy atom. The molecule has 0 unspecified atom stereocenters. The molecule has 4 nitrogen and oxygen atoms in total. The van der Waals surface area contributed by atoms with Crippen molar-refractivity contribution >= 4 is 23.3 Å². The molecular weight excluding hydrogens is 238 g/mol. The second-order valence-corrected chi connectivity index (χ2v) is 3.82. The molecule has 0 radical (unpaired) electrons. The van der Waals surface area contributed by atoms with E-state index in [2.05, 4.69) is 5.32 Å². The molecule has 2 amide bonds. The molecule has 0 atom stereocenters. The molecule has 0 saturated carbocycles. The number of benzene rings is 1. The highest BCUT2D eigenvalue weighted by atomic mass is 35.5. The van der Waals surface area contributed by atoms with Crippen LogP contribution in [0, 0.1) is 11.3 Å². The molecule has 0 heterocycles. The fourth-order valence-corrected chi connectivity index (χ4v) is 1.62. The van der Waals surface area contributed by atoms with Crippen LogP contribution in [0.3, 0.4) is 0 Å². The van der Waals surface area contributed by atoms with E-state index in [1.807, 2.05) is 19.9 Å². The lowest BCUT2D eigenvalue weighted by molar-refractivity contribution is 0.217. The first kappa shape index (κ1) is 13.3. The van der Waals surface area contributed by atoms with Crippen LogP contribution in [0.4, 0.5) is 10.5 Å². The molecule has 0 aliphatic heterocycles. The minimum atomic E-state index is -0.171. The number of hydrogen-bond donors (Lipinski definition) is 1. The summed E-state index contributed by atoms with van der Waals surface area (Å²) < 4.78 is 0. The molecule has 1 aromatic carbocycles. The van der Waals surface area contributed by atoms with Crippen LogP contribution >= 0.6 is 11.6 Å². The maximum atomic E-state index is 11.7. The fraction of sp³-hybridized carbons (Fsp3) is 0.333. The Bertz CT molecular complexity index is 450. The van der Waals surface area contributed by atoms with E-state index in [0.29, 0.717) is 29.4 Å². The van der Waals surface area contributed by atoms with Crippen LogP contribution in [0.1, 0.15) is 19.4 Å². The maximum absolute atomic E-state index is 11.7. The van der Waals surface area contributed by atoms with Gasteiger partial charge < -0.3 is 10.2 Å². The number of nitrogens with zero attached hydrogens (tertiary/aromatic N) is 2. The number of carbonyl (C=O) groups excluding carboxylic acids is 1. The summed E-state index contributed by atoms with van der Waals surface area (Å²) in [7, 11) is 0. The third kappa shape index (κ3) is 3.36. The van der Waals surface area contributed by atoms with E-state index in [9.17, 15) is 4.79 Å². The normalized spacial score (nSPS) is 9.53. The van der Waals surface area contributed by atoms with Crippen LogP contribution < -0.4 is 5.32 Å². The Labute approximate surface area is 106 Å². The predicted molar refractivity (Wildman–Crippen MR) is 68.1 cm³/mol. The van der Waals surface area contributed by atoms with E-state index >= 15 is 0 Å². The second-order valence-electron chi connectivity index (χ2n) is 3.41. The smallest absolute Gasteiger partial charge is 0.321 e. The summed E-state index contributed by atoms with van der Waals surface area (Å²) in [6, 6.07) is 6.61. The van der Waals surface area contributed by atoms with E-state index in [-0.39, 0.29) is 6.03 Å². The summed E-state index contributed by atoms with van der Waals surface area (Å²) in [6.07, 6.45) is 0. The van der Waals surface area contributed by atoms with Gasteiger partial charge in [-0.25, -0.2) is 4.79 Å². The molecule has 1 aromatic rings. The Kier molecular flexibility index (Phi) is 4.80. The lowest BCUT2D eigenvalue weighted by Crippen LogP contribution is -2.34. The first-order valence-electron chi connectivity index (χ1n) is 5.38. The van der Waals surface area contributed by atoms with Crippen molar-refractivity contribution in [2.45, 2.75) is 13.8 Å². The monoisotopic (exact) mass is 251 g/mol. The SMILES string of the molecule is CCN(CC)C(=O)Nc1ccc(C#N)c(Cl)c1. The molecule has 0 saturated heterocycles. The molecule has 0 aromatic heterocycles. The van der Waals surface area contributed by atoms with Gasteiger partial charge in [-0.2, -0.15) is 5.26 Å². The van der Waals surface area contributed by atoms with Crippen LogP contribution in [-0.4, -0.2) is 24.0 Å². The highest BCUT2D eigenvalue weighted by Gasteiger charge is 2.10. The number of hydrogen-bond acceptors (Lipinski definition) is 2. The Balaban J connectivity index is 2.79. The molecule has 0 fully saturated rings. The van der Waals surface area contributed by atoms with Crippen molar-refractivity contribution in [3.63, 3.8) is 0 Å². The van der Waals surface area contributed by atoms with Crippen molar-refractivity contribution in [3.05, 3.63) is 28.8 Å². The Morgan fingerprint density at radius 2 is 2.12 bits per heavy atom. The van der Waals surface area contributed by atoms with Crippen LogP contribution in [-0.2, 0) is 0 Å². The van der Waals surface area contributed by atoms with Crippen LogP contribution in [0.2, 0.25) is 5.02 Å². The van der Waals surface area contributed by atoms with Gasteiger partial charge in [0.1, 0.15) is 6.07 Å². The first-order chi connectivity index (χ1) is 8.12. The van der Waals surface area contributed by atoms with E-state index in [1.165, 1.54) is 0 Å². The third-order valence-electron chi connectivity index (χ3n) is 2.39. The summed E-state index contributed by atoms with van der Waals surface area (Å²) in [5.41, 5.74) is 0.985. The van der Waals surface area contributed by atoms with Crippen LogP contribution in [0.25, 0.3) is 0 Å². The van der Waals surface area contributed by atoms with Gasteiger partial charge in [-0.05, 0) is 32.0 Å². The standard InChI is InChI=1S/C12H14ClN3O/c1-3-16(4-2)12(17)15-10-6-5-9(8-14)11(13)7-10/h5-7H,3-4H2,1-2H3,(H,15,17). The van der Waals surface area contributed by atoms with Crippen molar-refractivity contribution in [3.8, 4) is 6.07 Å². The van der Waals surface area contributed by atoms with E-state index < -0.39 is 0 Å². The number of amides is 2. The lowest BCUT2D eigenvalue weighted by Gasteiger charge is -2.19. The number of carbonyl (C=O) groups is 1. The number of halogens is 1. The van der Waals surface area contributed by atoms with Crippen LogP contribution in [0.5, 0.6) is 0 Å². The molecule has 0 aliphatic rings. The average molecular weight is 252 g/mol.